The normalized spacial score (nSPS) is 15.7. The zero-order valence-corrected chi connectivity index (χ0v) is 22.3. The highest BCUT2D eigenvalue weighted by molar-refractivity contribution is 7.10. The Balaban J connectivity index is 1.51. The first-order valence-electron chi connectivity index (χ1n) is 12.6. The third kappa shape index (κ3) is 5.90. The molecule has 2 aromatic carbocycles. The van der Waals surface area contributed by atoms with Crippen LogP contribution in [0.15, 0.2) is 60.0 Å². The number of rotatable bonds is 8. The number of nitrogens with zero attached hydrogens (tertiary/aromatic N) is 2. The number of para-hydroxylation sites is 1. The summed E-state index contributed by atoms with van der Waals surface area (Å²) in [7, 11) is 0. The van der Waals surface area contributed by atoms with Gasteiger partial charge in [-0.25, -0.2) is 4.79 Å². The number of anilines is 1. The van der Waals surface area contributed by atoms with Gasteiger partial charge in [0.2, 0.25) is 5.91 Å². The van der Waals surface area contributed by atoms with E-state index in [2.05, 4.69) is 16.8 Å². The van der Waals surface area contributed by atoms with Crippen molar-refractivity contribution in [3.8, 4) is 5.75 Å². The molecule has 1 aromatic heterocycles. The van der Waals surface area contributed by atoms with Gasteiger partial charge in [-0.05, 0) is 74.4 Å². The number of benzene rings is 2. The molecule has 0 unspecified atom stereocenters. The van der Waals surface area contributed by atoms with E-state index in [1.54, 1.807) is 16.2 Å². The van der Waals surface area contributed by atoms with E-state index < -0.39 is 0 Å². The van der Waals surface area contributed by atoms with Crippen LogP contribution >= 0.6 is 11.3 Å². The maximum Gasteiger partial charge on any atom is 0.322 e. The highest BCUT2D eigenvalue weighted by Gasteiger charge is 2.34. The van der Waals surface area contributed by atoms with Crippen LogP contribution in [0.3, 0.4) is 0 Å². The number of nitrogens with one attached hydrogen (secondary N) is 1. The average molecular weight is 506 g/mol. The van der Waals surface area contributed by atoms with E-state index in [0.29, 0.717) is 13.2 Å². The van der Waals surface area contributed by atoms with Crippen molar-refractivity contribution in [3.63, 3.8) is 0 Å². The van der Waals surface area contributed by atoms with Gasteiger partial charge in [0.15, 0.2) is 0 Å². The summed E-state index contributed by atoms with van der Waals surface area (Å²) in [6.07, 6.45) is 1.57. The molecule has 4 rings (SSSR count). The second-order valence-corrected chi connectivity index (χ2v) is 10.4. The minimum atomic E-state index is -0.262. The molecule has 0 fully saturated rings. The minimum absolute atomic E-state index is 0.0209. The summed E-state index contributed by atoms with van der Waals surface area (Å²) < 4.78 is 6.21. The van der Waals surface area contributed by atoms with E-state index >= 15 is 0 Å². The predicted octanol–water partition coefficient (Wildman–Crippen LogP) is 6.20. The third-order valence-electron chi connectivity index (χ3n) is 6.90. The van der Waals surface area contributed by atoms with Crippen molar-refractivity contribution in [2.45, 2.75) is 52.6 Å². The van der Waals surface area contributed by atoms with Crippen LogP contribution in [0.4, 0.5) is 10.5 Å². The van der Waals surface area contributed by atoms with Crippen molar-refractivity contribution in [3.05, 3.63) is 81.5 Å². The third-order valence-corrected chi connectivity index (χ3v) is 7.89. The lowest BCUT2D eigenvalue weighted by atomic mass is 10.00. The summed E-state index contributed by atoms with van der Waals surface area (Å²) in [4.78, 5) is 31.8. The van der Waals surface area contributed by atoms with Gasteiger partial charge in [0.1, 0.15) is 18.9 Å². The monoisotopic (exact) mass is 505 g/mol. The van der Waals surface area contributed by atoms with E-state index in [0.717, 1.165) is 41.0 Å². The largest absolute Gasteiger partial charge is 0.491 e. The molecular formula is C29H35N3O3S. The quantitative estimate of drug-likeness (QED) is 0.396. The Kier molecular flexibility index (Phi) is 8.31. The van der Waals surface area contributed by atoms with Gasteiger partial charge >= 0.3 is 6.03 Å². The maximum atomic E-state index is 13.7. The molecule has 0 spiro atoms. The van der Waals surface area contributed by atoms with Crippen LogP contribution in [0.5, 0.6) is 5.75 Å². The van der Waals surface area contributed by atoms with Crippen LogP contribution < -0.4 is 10.1 Å². The van der Waals surface area contributed by atoms with Crippen LogP contribution in [0.25, 0.3) is 0 Å². The van der Waals surface area contributed by atoms with Gasteiger partial charge in [-0.1, -0.05) is 42.8 Å². The molecule has 3 amide bonds. The summed E-state index contributed by atoms with van der Waals surface area (Å²) in [5.41, 5.74) is 4.05. The Hall–Kier alpha value is -3.32. The van der Waals surface area contributed by atoms with Gasteiger partial charge < -0.3 is 19.9 Å². The smallest absolute Gasteiger partial charge is 0.322 e. The van der Waals surface area contributed by atoms with Crippen molar-refractivity contribution < 1.29 is 14.3 Å². The van der Waals surface area contributed by atoms with Gasteiger partial charge in [-0.15, -0.1) is 11.3 Å². The summed E-state index contributed by atoms with van der Waals surface area (Å²) in [6.45, 7) is 9.04. The number of carbonyl (C=O) groups is 2. The van der Waals surface area contributed by atoms with Crippen LogP contribution in [0.1, 0.15) is 47.9 Å². The lowest BCUT2D eigenvalue weighted by Gasteiger charge is -2.38. The average Bonchev–Trinajstić information content (AvgIpc) is 3.36. The van der Waals surface area contributed by atoms with E-state index in [4.69, 9.17) is 4.74 Å². The molecule has 0 saturated heterocycles. The number of hydrogen-bond donors (Lipinski definition) is 1. The lowest BCUT2D eigenvalue weighted by molar-refractivity contribution is -0.135. The molecule has 0 aliphatic carbocycles. The summed E-state index contributed by atoms with van der Waals surface area (Å²) in [5, 5.41) is 5.04. The van der Waals surface area contributed by atoms with Gasteiger partial charge in [0, 0.05) is 23.2 Å². The van der Waals surface area contributed by atoms with Crippen LogP contribution in [0, 0.1) is 13.8 Å². The maximum absolute atomic E-state index is 13.7. The fraction of sp³-hybridized carbons (Fsp3) is 0.379. The second-order valence-electron chi connectivity index (χ2n) is 9.41. The highest BCUT2D eigenvalue weighted by Crippen LogP contribution is 2.34. The number of ether oxygens (including phenoxy) is 1. The molecule has 1 N–H and O–H groups in total. The summed E-state index contributed by atoms with van der Waals surface area (Å²) >= 11 is 1.73. The van der Waals surface area contributed by atoms with Crippen molar-refractivity contribution in [2.75, 3.05) is 25.0 Å². The molecule has 190 valence electrons. The topological polar surface area (TPSA) is 61.9 Å². The molecule has 6 nitrogen and oxygen atoms in total. The molecule has 0 saturated carbocycles. The molecule has 1 aliphatic heterocycles. The number of hydrogen-bond acceptors (Lipinski definition) is 4. The SMILES string of the molecule is CC[C@H](C)N(CC(=O)N1CCc2sccc2[C@H]1COc1ccccc1C)C(=O)Nc1ccc(C)cc1. The van der Waals surface area contributed by atoms with Crippen LogP contribution in [-0.4, -0.2) is 47.5 Å². The summed E-state index contributed by atoms with van der Waals surface area (Å²) in [6, 6.07) is 17.2. The molecular weight excluding hydrogens is 470 g/mol. The number of thiophene rings is 1. The van der Waals surface area contributed by atoms with Gasteiger partial charge in [0.25, 0.3) is 0 Å². The number of urea groups is 1. The molecule has 2 atom stereocenters. The Bertz CT molecular complexity index is 1190. The first-order chi connectivity index (χ1) is 17.4. The Labute approximate surface area is 217 Å². The van der Waals surface area contributed by atoms with Crippen LogP contribution in [0.2, 0.25) is 0 Å². The Morgan fingerprint density at radius 1 is 1.14 bits per heavy atom. The molecule has 3 aromatic rings. The first-order valence-corrected chi connectivity index (χ1v) is 13.4. The molecule has 0 radical (unpaired) electrons. The van der Waals surface area contributed by atoms with E-state index in [-0.39, 0.29) is 30.6 Å². The predicted molar refractivity (Wildman–Crippen MR) is 146 cm³/mol. The molecule has 0 bridgehead atoms. The Morgan fingerprint density at radius 2 is 1.89 bits per heavy atom. The fourth-order valence-electron chi connectivity index (χ4n) is 4.48. The lowest BCUT2D eigenvalue weighted by Crippen LogP contribution is -2.50. The fourth-order valence-corrected chi connectivity index (χ4v) is 5.41. The van der Waals surface area contributed by atoms with Crippen molar-refractivity contribution >= 4 is 29.0 Å². The first kappa shape index (κ1) is 25.8. The Morgan fingerprint density at radius 3 is 2.61 bits per heavy atom. The van der Waals surface area contributed by atoms with Crippen molar-refractivity contribution in [2.24, 2.45) is 0 Å². The standard InChI is InChI=1S/C29H35N3O3S/c1-5-22(4)32(29(34)30-23-12-10-20(2)11-13-23)18-28(33)31-16-14-27-24(15-17-36-27)25(31)19-35-26-9-7-6-8-21(26)3/h6-13,15,17,22,25H,5,14,16,18-19H2,1-4H3,(H,30,34)/t22-,25+/m0/s1. The van der Waals surface area contributed by atoms with Gasteiger partial charge in [-0.3, -0.25) is 4.79 Å². The number of carbonyl (C=O) groups excluding carboxylic acids is 2. The minimum Gasteiger partial charge on any atom is -0.491 e. The molecule has 1 aliphatic rings. The van der Waals surface area contributed by atoms with E-state index in [1.807, 2.05) is 81.1 Å². The number of aryl methyl sites for hydroxylation is 2. The zero-order chi connectivity index (χ0) is 25.7. The molecule has 36 heavy (non-hydrogen) atoms. The number of amides is 3. The zero-order valence-electron chi connectivity index (χ0n) is 21.5. The van der Waals surface area contributed by atoms with E-state index in [1.165, 1.54) is 4.88 Å². The van der Waals surface area contributed by atoms with Crippen LogP contribution in [-0.2, 0) is 11.2 Å². The van der Waals surface area contributed by atoms with E-state index in [9.17, 15) is 9.59 Å². The second kappa shape index (κ2) is 11.6. The van der Waals surface area contributed by atoms with Crippen molar-refractivity contribution in [1.82, 2.24) is 9.80 Å². The molecule has 2 heterocycles. The summed E-state index contributed by atoms with van der Waals surface area (Å²) in [5.74, 6) is 0.760. The van der Waals surface area contributed by atoms with Gasteiger partial charge in [0.05, 0.1) is 6.04 Å². The number of fused-ring (bicyclic) bond motifs is 1. The van der Waals surface area contributed by atoms with Crippen molar-refractivity contribution in [1.29, 1.82) is 0 Å². The highest BCUT2D eigenvalue weighted by atomic mass is 32.1. The van der Waals surface area contributed by atoms with Gasteiger partial charge in [-0.2, -0.15) is 0 Å². The molecule has 7 heteroatoms.